The molecule has 0 aliphatic carbocycles. The monoisotopic (exact) mass is 266 g/mol. The van der Waals surface area contributed by atoms with Gasteiger partial charge in [0.1, 0.15) is 0 Å². The molecule has 0 atom stereocenters. The van der Waals surface area contributed by atoms with Gasteiger partial charge in [0, 0.05) is 26.4 Å². The Kier molecular flexibility index (Phi) is 5.09. The van der Waals surface area contributed by atoms with Crippen molar-refractivity contribution in [1.82, 2.24) is 0 Å². The Labute approximate surface area is 108 Å². The van der Waals surface area contributed by atoms with E-state index >= 15 is 0 Å². The molecular weight excluding hydrogens is 248 g/mol. The normalized spacial score (nSPS) is 10.8. The summed E-state index contributed by atoms with van der Waals surface area (Å²) in [5.74, 6) is -0.808. The lowest BCUT2D eigenvalue weighted by Crippen LogP contribution is -2.42. The number of hydrogen-bond donors (Lipinski definition) is 0. The minimum Gasteiger partial charge on any atom is -0.485 e. The Balaban J connectivity index is 2.66. The van der Waals surface area contributed by atoms with Crippen LogP contribution in [0, 0.1) is 0 Å². The van der Waals surface area contributed by atoms with Crippen molar-refractivity contribution in [3.05, 3.63) is 35.9 Å². The van der Waals surface area contributed by atoms with E-state index < -0.39 is 20.5 Å². The van der Waals surface area contributed by atoms with Gasteiger partial charge in [0.25, 0.3) is 11.9 Å². The molecule has 0 spiro atoms. The lowest BCUT2D eigenvalue weighted by Gasteiger charge is -2.24. The molecule has 0 aliphatic rings. The minimum atomic E-state index is -2.76. The van der Waals surface area contributed by atoms with Crippen LogP contribution in [0.25, 0.3) is 0 Å². The van der Waals surface area contributed by atoms with Crippen LogP contribution >= 0.6 is 0 Å². The van der Waals surface area contributed by atoms with Crippen LogP contribution in [0.2, 0.25) is 12.6 Å². The van der Waals surface area contributed by atoms with Crippen molar-refractivity contribution in [2.45, 2.75) is 32.9 Å². The quantitative estimate of drug-likeness (QED) is 0.768. The zero-order chi connectivity index (χ0) is 13.6. The van der Waals surface area contributed by atoms with Gasteiger partial charge in [-0.3, -0.25) is 9.59 Å². The van der Waals surface area contributed by atoms with Crippen LogP contribution in [-0.4, -0.2) is 20.5 Å². The van der Waals surface area contributed by atoms with Crippen LogP contribution in [-0.2, 0) is 24.9 Å². The van der Waals surface area contributed by atoms with Gasteiger partial charge in [-0.15, -0.1) is 0 Å². The first kappa shape index (κ1) is 14.4. The number of carbonyl (C=O) groups excluding carboxylic acids is 2. The Morgan fingerprint density at radius 2 is 1.56 bits per heavy atom. The maximum atomic E-state index is 11.1. The summed E-state index contributed by atoms with van der Waals surface area (Å²) in [6, 6.07) is 10.4. The number of hydrogen-bond acceptors (Lipinski definition) is 4. The SMILES string of the molecule is CC(=O)O[Si](C)(CCc1ccccc1)OC(C)=O. The van der Waals surface area contributed by atoms with Crippen molar-refractivity contribution in [2.75, 3.05) is 0 Å². The fraction of sp³-hybridized carbons (Fsp3) is 0.385. The lowest BCUT2D eigenvalue weighted by atomic mass is 10.2. The van der Waals surface area contributed by atoms with Gasteiger partial charge in [-0.25, -0.2) is 0 Å². The third-order valence-corrected chi connectivity index (χ3v) is 5.03. The van der Waals surface area contributed by atoms with E-state index in [4.69, 9.17) is 8.85 Å². The maximum Gasteiger partial charge on any atom is 0.461 e. The molecule has 0 bridgehead atoms. The zero-order valence-corrected chi connectivity index (χ0v) is 11.9. The van der Waals surface area contributed by atoms with Gasteiger partial charge >= 0.3 is 8.56 Å². The van der Waals surface area contributed by atoms with E-state index in [0.717, 1.165) is 12.0 Å². The summed E-state index contributed by atoms with van der Waals surface area (Å²) in [6.45, 7) is 4.40. The van der Waals surface area contributed by atoms with Crippen LogP contribution in [0.4, 0.5) is 0 Å². The third-order valence-electron chi connectivity index (χ3n) is 2.43. The summed E-state index contributed by atoms with van der Waals surface area (Å²) in [7, 11) is -2.76. The van der Waals surface area contributed by atoms with Gasteiger partial charge in [0.15, 0.2) is 0 Å². The van der Waals surface area contributed by atoms with Crippen LogP contribution in [0.1, 0.15) is 19.4 Å². The topological polar surface area (TPSA) is 52.6 Å². The summed E-state index contributed by atoms with van der Waals surface area (Å²) in [6.07, 6.45) is 0.726. The van der Waals surface area contributed by atoms with E-state index in [9.17, 15) is 9.59 Å². The molecular formula is C13H18O4Si. The summed E-state index contributed by atoms with van der Waals surface area (Å²) in [5.41, 5.74) is 1.13. The summed E-state index contributed by atoms with van der Waals surface area (Å²) in [5, 5.41) is 0. The molecule has 0 saturated heterocycles. The smallest absolute Gasteiger partial charge is 0.461 e. The Morgan fingerprint density at radius 3 is 2.00 bits per heavy atom. The highest BCUT2D eigenvalue weighted by molar-refractivity contribution is 6.69. The highest BCUT2D eigenvalue weighted by Crippen LogP contribution is 2.18. The van der Waals surface area contributed by atoms with Crippen molar-refractivity contribution >= 4 is 20.5 Å². The maximum absolute atomic E-state index is 11.1. The third kappa shape index (κ3) is 5.14. The predicted octanol–water partition coefficient (Wildman–Crippen LogP) is 2.43. The standard InChI is InChI=1S/C13H18O4Si/c1-11(14)16-18(3,17-12(2)15)10-9-13-7-5-4-6-8-13/h4-8H,9-10H2,1-3H3. The largest absolute Gasteiger partial charge is 0.485 e. The Hall–Kier alpha value is -1.62. The van der Waals surface area contributed by atoms with Gasteiger partial charge in [-0.2, -0.15) is 0 Å². The summed E-state index contributed by atoms with van der Waals surface area (Å²) in [4.78, 5) is 22.1. The molecule has 0 radical (unpaired) electrons. The van der Waals surface area contributed by atoms with Crippen LogP contribution < -0.4 is 0 Å². The fourth-order valence-corrected chi connectivity index (χ4v) is 3.95. The molecule has 4 nitrogen and oxygen atoms in total. The van der Waals surface area contributed by atoms with E-state index in [2.05, 4.69) is 0 Å². The molecule has 0 aliphatic heterocycles. The minimum absolute atomic E-state index is 0.404. The van der Waals surface area contributed by atoms with E-state index in [-0.39, 0.29) is 0 Å². The van der Waals surface area contributed by atoms with Crippen molar-refractivity contribution in [1.29, 1.82) is 0 Å². The first-order valence-corrected chi connectivity index (χ1v) is 8.37. The molecule has 0 aromatic heterocycles. The second kappa shape index (κ2) is 6.35. The van der Waals surface area contributed by atoms with Gasteiger partial charge in [0.2, 0.25) is 0 Å². The predicted molar refractivity (Wildman–Crippen MR) is 70.1 cm³/mol. The van der Waals surface area contributed by atoms with Crippen LogP contribution in [0.5, 0.6) is 0 Å². The molecule has 98 valence electrons. The van der Waals surface area contributed by atoms with Crippen LogP contribution in [0.3, 0.4) is 0 Å². The zero-order valence-electron chi connectivity index (χ0n) is 10.9. The summed E-state index contributed by atoms with van der Waals surface area (Å²) >= 11 is 0. The molecule has 0 amide bonds. The highest BCUT2D eigenvalue weighted by Gasteiger charge is 2.37. The molecule has 0 fully saturated rings. The highest BCUT2D eigenvalue weighted by atomic mass is 28.4. The molecule has 0 unspecified atom stereocenters. The second-order valence-corrected chi connectivity index (χ2v) is 7.48. The lowest BCUT2D eigenvalue weighted by molar-refractivity contribution is -0.138. The molecule has 0 heterocycles. The van der Waals surface area contributed by atoms with E-state index in [0.29, 0.717) is 6.04 Å². The van der Waals surface area contributed by atoms with Crippen molar-refractivity contribution in [3.8, 4) is 0 Å². The molecule has 1 rings (SSSR count). The average molecular weight is 266 g/mol. The van der Waals surface area contributed by atoms with Gasteiger partial charge < -0.3 is 8.85 Å². The van der Waals surface area contributed by atoms with Crippen molar-refractivity contribution < 1.29 is 18.4 Å². The second-order valence-electron chi connectivity index (χ2n) is 4.31. The van der Waals surface area contributed by atoms with Gasteiger partial charge in [-0.05, 0) is 12.0 Å². The number of carbonyl (C=O) groups is 2. The molecule has 0 saturated carbocycles. The molecule has 5 heteroatoms. The van der Waals surface area contributed by atoms with E-state index in [1.807, 2.05) is 30.3 Å². The first-order valence-electron chi connectivity index (χ1n) is 5.84. The Morgan fingerprint density at radius 1 is 1.06 bits per heavy atom. The van der Waals surface area contributed by atoms with Crippen molar-refractivity contribution in [3.63, 3.8) is 0 Å². The van der Waals surface area contributed by atoms with Crippen LogP contribution in [0.15, 0.2) is 30.3 Å². The molecule has 1 aromatic rings. The molecule has 0 N–H and O–H groups in total. The molecule has 18 heavy (non-hydrogen) atoms. The summed E-state index contributed by atoms with van der Waals surface area (Å²) < 4.78 is 10.5. The number of aryl methyl sites for hydroxylation is 1. The van der Waals surface area contributed by atoms with E-state index in [1.54, 1.807) is 6.55 Å². The number of rotatable bonds is 5. The average Bonchev–Trinajstić information content (AvgIpc) is 2.26. The van der Waals surface area contributed by atoms with E-state index in [1.165, 1.54) is 13.8 Å². The number of benzene rings is 1. The molecule has 1 aromatic carbocycles. The first-order chi connectivity index (χ1) is 8.41. The van der Waals surface area contributed by atoms with Crippen molar-refractivity contribution in [2.24, 2.45) is 0 Å². The van der Waals surface area contributed by atoms with Gasteiger partial charge in [-0.1, -0.05) is 30.3 Å². The van der Waals surface area contributed by atoms with Gasteiger partial charge in [0.05, 0.1) is 0 Å². The fourth-order valence-electron chi connectivity index (χ4n) is 1.75. The Bertz CT molecular complexity index is 400.